The van der Waals surface area contributed by atoms with E-state index in [-0.39, 0.29) is 11.5 Å². The molecule has 3 nitrogen and oxygen atoms in total. The van der Waals surface area contributed by atoms with Gasteiger partial charge in [-0.1, -0.05) is 33.8 Å². The first-order chi connectivity index (χ1) is 8.38. The predicted molar refractivity (Wildman–Crippen MR) is 74.9 cm³/mol. The van der Waals surface area contributed by atoms with Crippen LogP contribution >= 0.6 is 0 Å². The highest BCUT2D eigenvalue weighted by Gasteiger charge is 2.25. The van der Waals surface area contributed by atoms with Crippen molar-refractivity contribution in [2.24, 2.45) is 5.92 Å². The molecule has 0 spiro atoms. The van der Waals surface area contributed by atoms with Crippen LogP contribution in [0.3, 0.4) is 0 Å². The Bertz CT molecular complexity index is 394. The Labute approximate surface area is 110 Å². The number of anilines is 1. The largest absolute Gasteiger partial charge is 0.393 e. The van der Waals surface area contributed by atoms with E-state index in [2.05, 4.69) is 49.7 Å². The summed E-state index contributed by atoms with van der Waals surface area (Å²) in [5.74, 6) is 1.35. The Morgan fingerprint density at radius 2 is 2.06 bits per heavy atom. The summed E-state index contributed by atoms with van der Waals surface area (Å²) in [7, 11) is 0. The number of hydrogen-bond acceptors (Lipinski definition) is 3. The molecule has 1 aromatic rings. The van der Waals surface area contributed by atoms with E-state index in [1.165, 1.54) is 5.56 Å². The molecule has 18 heavy (non-hydrogen) atoms. The topological polar surface area (TPSA) is 36.4 Å². The highest BCUT2D eigenvalue weighted by atomic mass is 16.3. The van der Waals surface area contributed by atoms with Gasteiger partial charge < -0.3 is 10.0 Å². The van der Waals surface area contributed by atoms with Gasteiger partial charge in [-0.25, -0.2) is 4.98 Å². The molecular formula is C15H24N2O. The van der Waals surface area contributed by atoms with Gasteiger partial charge in [0.1, 0.15) is 5.82 Å². The van der Waals surface area contributed by atoms with E-state index in [9.17, 15) is 5.11 Å². The van der Waals surface area contributed by atoms with Crippen molar-refractivity contribution in [1.29, 1.82) is 0 Å². The molecule has 100 valence electrons. The first-order valence-electron chi connectivity index (χ1n) is 6.77. The molecule has 1 saturated heterocycles. The van der Waals surface area contributed by atoms with Crippen LogP contribution in [0.1, 0.15) is 39.7 Å². The Hall–Kier alpha value is -1.09. The average molecular weight is 248 g/mol. The van der Waals surface area contributed by atoms with Gasteiger partial charge in [0.25, 0.3) is 0 Å². The van der Waals surface area contributed by atoms with Crippen LogP contribution in [0, 0.1) is 5.92 Å². The van der Waals surface area contributed by atoms with E-state index in [0.717, 1.165) is 25.3 Å². The summed E-state index contributed by atoms with van der Waals surface area (Å²) in [6.07, 6.45) is 2.66. The van der Waals surface area contributed by atoms with E-state index in [1.807, 2.05) is 6.20 Å². The van der Waals surface area contributed by atoms with E-state index in [1.54, 1.807) is 0 Å². The first-order valence-corrected chi connectivity index (χ1v) is 6.77. The van der Waals surface area contributed by atoms with E-state index < -0.39 is 0 Å². The van der Waals surface area contributed by atoms with Gasteiger partial charge in [-0.05, 0) is 29.4 Å². The van der Waals surface area contributed by atoms with Crippen LogP contribution in [0.15, 0.2) is 18.3 Å². The zero-order valence-corrected chi connectivity index (χ0v) is 11.8. The van der Waals surface area contributed by atoms with Crippen LogP contribution in [0.5, 0.6) is 0 Å². The lowest BCUT2D eigenvalue weighted by Crippen LogP contribution is -2.42. The molecule has 2 atom stereocenters. The lowest BCUT2D eigenvalue weighted by molar-refractivity contribution is 0.0969. The van der Waals surface area contributed by atoms with Crippen LogP contribution in [0.2, 0.25) is 0 Å². The van der Waals surface area contributed by atoms with E-state index in [0.29, 0.717) is 5.92 Å². The number of pyridine rings is 1. The Morgan fingerprint density at radius 3 is 2.56 bits per heavy atom. The van der Waals surface area contributed by atoms with Crippen LogP contribution in [-0.4, -0.2) is 29.3 Å². The van der Waals surface area contributed by atoms with E-state index >= 15 is 0 Å². The van der Waals surface area contributed by atoms with Crippen molar-refractivity contribution in [2.75, 3.05) is 18.0 Å². The molecule has 0 amide bonds. The van der Waals surface area contributed by atoms with Crippen LogP contribution in [0.25, 0.3) is 0 Å². The number of hydrogen-bond donors (Lipinski definition) is 1. The third kappa shape index (κ3) is 2.83. The normalized spacial score (nSPS) is 25.3. The summed E-state index contributed by atoms with van der Waals surface area (Å²) < 4.78 is 0. The van der Waals surface area contributed by atoms with Gasteiger partial charge in [-0.2, -0.15) is 0 Å². The Balaban J connectivity index is 2.11. The average Bonchev–Trinajstić information content (AvgIpc) is 2.32. The fraction of sp³-hybridized carbons (Fsp3) is 0.667. The SMILES string of the molecule is CC1CN(c2ccc(C(C)(C)C)cn2)CCC1O. The maximum absolute atomic E-state index is 9.75. The van der Waals surface area contributed by atoms with Crippen LogP contribution in [0.4, 0.5) is 5.82 Å². The molecule has 3 heteroatoms. The van der Waals surface area contributed by atoms with Gasteiger partial charge in [0.2, 0.25) is 0 Å². The maximum atomic E-state index is 9.75. The van der Waals surface area contributed by atoms with Crippen LogP contribution < -0.4 is 4.90 Å². The lowest BCUT2D eigenvalue weighted by Gasteiger charge is -2.35. The first kappa shape index (κ1) is 13.3. The molecule has 1 aliphatic heterocycles. The molecule has 2 unspecified atom stereocenters. The smallest absolute Gasteiger partial charge is 0.128 e. The zero-order valence-electron chi connectivity index (χ0n) is 11.8. The van der Waals surface area contributed by atoms with E-state index in [4.69, 9.17) is 0 Å². The van der Waals surface area contributed by atoms with Crippen molar-refractivity contribution < 1.29 is 5.11 Å². The molecule has 0 aliphatic carbocycles. The summed E-state index contributed by atoms with van der Waals surface area (Å²) in [5.41, 5.74) is 1.41. The molecule has 0 aromatic carbocycles. The van der Waals surface area contributed by atoms with Crippen molar-refractivity contribution in [3.05, 3.63) is 23.9 Å². The number of aromatic nitrogens is 1. The highest BCUT2D eigenvalue weighted by Crippen LogP contribution is 2.25. The highest BCUT2D eigenvalue weighted by molar-refractivity contribution is 5.41. The number of aliphatic hydroxyl groups excluding tert-OH is 1. The quantitative estimate of drug-likeness (QED) is 0.830. The molecular weight excluding hydrogens is 224 g/mol. The summed E-state index contributed by atoms with van der Waals surface area (Å²) in [4.78, 5) is 6.84. The Morgan fingerprint density at radius 1 is 1.33 bits per heavy atom. The summed E-state index contributed by atoms with van der Waals surface area (Å²) in [6, 6.07) is 4.27. The zero-order chi connectivity index (χ0) is 13.3. The van der Waals surface area contributed by atoms with Crippen molar-refractivity contribution in [2.45, 2.75) is 45.6 Å². The maximum Gasteiger partial charge on any atom is 0.128 e. The number of piperidine rings is 1. The Kier molecular flexibility index (Phi) is 3.62. The fourth-order valence-corrected chi connectivity index (χ4v) is 2.36. The summed E-state index contributed by atoms with van der Waals surface area (Å²) >= 11 is 0. The lowest BCUT2D eigenvalue weighted by atomic mass is 9.88. The summed E-state index contributed by atoms with van der Waals surface area (Å²) in [6.45, 7) is 10.5. The number of aliphatic hydroxyl groups is 1. The van der Waals surface area contributed by atoms with Crippen molar-refractivity contribution in [3.8, 4) is 0 Å². The van der Waals surface area contributed by atoms with Crippen molar-refractivity contribution in [1.82, 2.24) is 4.98 Å². The third-order valence-electron chi connectivity index (χ3n) is 3.80. The van der Waals surface area contributed by atoms with Crippen molar-refractivity contribution >= 4 is 5.82 Å². The fourth-order valence-electron chi connectivity index (χ4n) is 2.36. The monoisotopic (exact) mass is 248 g/mol. The molecule has 1 aliphatic rings. The molecule has 0 radical (unpaired) electrons. The molecule has 1 fully saturated rings. The molecule has 1 N–H and O–H groups in total. The van der Waals surface area contributed by atoms with Gasteiger partial charge in [0.15, 0.2) is 0 Å². The molecule has 0 saturated carbocycles. The second-order valence-corrected chi connectivity index (χ2v) is 6.43. The minimum atomic E-state index is -0.157. The van der Waals surface area contributed by atoms with Gasteiger partial charge in [0, 0.05) is 19.3 Å². The second-order valence-electron chi connectivity index (χ2n) is 6.43. The number of nitrogens with zero attached hydrogens (tertiary/aromatic N) is 2. The van der Waals surface area contributed by atoms with Gasteiger partial charge in [-0.3, -0.25) is 0 Å². The molecule has 2 rings (SSSR count). The second kappa shape index (κ2) is 4.88. The summed E-state index contributed by atoms with van der Waals surface area (Å²) in [5, 5.41) is 9.75. The third-order valence-corrected chi connectivity index (χ3v) is 3.80. The van der Waals surface area contributed by atoms with Gasteiger partial charge >= 0.3 is 0 Å². The molecule has 0 bridgehead atoms. The van der Waals surface area contributed by atoms with Gasteiger partial charge in [0.05, 0.1) is 6.10 Å². The van der Waals surface area contributed by atoms with Gasteiger partial charge in [-0.15, -0.1) is 0 Å². The van der Waals surface area contributed by atoms with Crippen molar-refractivity contribution in [3.63, 3.8) is 0 Å². The van der Waals surface area contributed by atoms with Crippen LogP contribution in [-0.2, 0) is 5.41 Å². The minimum absolute atomic E-state index is 0.150. The molecule has 1 aromatic heterocycles. The minimum Gasteiger partial charge on any atom is -0.393 e. The molecule has 2 heterocycles. The predicted octanol–water partition coefficient (Wildman–Crippen LogP) is 2.59. The standard InChI is InChI=1S/C15H24N2O/c1-11-10-17(8-7-13(11)18)14-6-5-12(9-16-14)15(2,3)4/h5-6,9,11,13,18H,7-8,10H2,1-4H3. The number of rotatable bonds is 1.